The van der Waals surface area contributed by atoms with Crippen molar-refractivity contribution in [2.45, 2.75) is 19.1 Å². The molecule has 1 unspecified atom stereocenters. The van der Waals surface area contributed by atoms with E-state index in [9.17, 15) is 5.11 Å². The van der Waals surface area contributed by atoms with Crippen LogP contribution in [0.15, 0.2) is 41.0 Å². The number of likely N-dealkylation sites (N-methyl/N-ethyl adjacent to an activating group) is 1. The standard InChI is InChI=1S/C17H21NO4/c1-18(14-4-5-17-13(9-14)6-8-22-17)10-15(19)11-20-12-16-3-2-7-21-16/h2-5,7,9,15,19H,6,8,10-12H2,1H3. The van der Waals surface area contributed by atoms with Crippen LogP contribution in [0.3, 0.4) is 0 Å². The summed E-state index contributed by atoms with van der Waals surface area (Å²) in [6, 6.07) is 9.80. The number of anilines is 1. The summed E-state index contributed by atoms with van der Waals surface area (Å²) in [6.45, 7) is 1.92. The Labute approximate surface area is 130 Å². The van der Waals surface area contributed by atoms with Crippen LogP contribution in [0.5, 0.6) is 5.75 Å². The summed E-state index contributed by atoms with van der Waals surface area (Å²) < 4.78 is 16.1. The number of nitrogens with zero attached hydrogens (tertiary/aromatic N) is 1. The van der Waals surface area contributed by atoms with E-state index in [1.807, 2.05) is 36.2 Å². The number of benzene rings is 1. The van der Waals surface area contributed by atoms with Gasteiger partial charge in [0.25, 0.3) is 0 Å². The fraction of sp³-hybridized carbons (Fsp3) is 0.412. The molecule has 1 N–H and O–H groups in total. The molecule has 0 saturated heterocycles. The highest BCUT2D eigenvalue weighted by atomic mass is 16.5. The van der Waals surface area contributed by atoms with E-state index in [0.717, 1.165) is 30.2 Å². The van der Waals surface area contributed by atoms with Gasteiger partial charge in [0.05, 0.1) is 25.6 Å². The number of hydrogen-bond acceptors (Lipinski definition) is 5. The van der Waals surface area contributed by atoms with Crippen molar-refractivity contribution in [1.29, 1.82) is 0 Å². The minimum Gasteiger partial charge on any atom is -0.493 e. The zero-order valence-electron chi connectivity index (χ0n) is 12.7. The van der Waals surface area contributed by atoms with Crippen LogP contribution < -0.4 is 9.64 Å². The zero-order chi connectivity index (χ0) is 15.4. The largest absolute Gasteiger partial charge is 0.493 e. The number of rotatable bonds is 7. The lowest BCUT2D eigenvalue weighted by Gasteiger charge is -2.23. The minimum atomic E-state index is -0.551. The van der Waals surface area contributed by atoms with Crippen molar-refractivity contribution in [2.75, 3.05) is 31.7 Å². The molecule has 1 aliphatic heterocycles. The van der Waals surface area contributed by atoms with Gasteiger partial charge < -0.3 is 23.9 Å². The van der Waals surface area contributed by atoms with Crippen molar-refractivity contribution in [1.82, 2.24) is 0 Å². The Hall–Kier alpha value is -1.98. The Bertz CT molecular complexity index is 597. The highest BCUT2D eigenvalue weighted by Crippen LogP contribution is 2.29. The second-order valence-electron chi connectivity index (χ2n) is 5.52. The number of aliphatic hydroxyl groups is 1. The fourth-order valence-corrected chi connectivity index (χ4v) is 2.57. The van der Waals surface area contributed by atoms with Gasteiger partial charge in [0, 0.05) is 25.7 Å². The Morgan fingerprint density at radius 3 is 3.09 bits per heavy atom. The number of aliphatic hydroxyl groups excluding tert-OH is 1. The summed E-state index contributed by atoms with van der Waals surface area (Å²) in [5.41, 5.74) is 2.31. The van der Waals surface area contributed by atoms with E-state index >= 15 is 0 Å². The van der Waals surface area contributed by atoms with E-state index < -0.39 is 6.10 Å². The van der Waals surface area contributed by atoms with Gasteiger partial charge in [0.15, 0.2) is 0 Å². The van der Waals surface area contributed by atoms with Gasteiger partial charge in [-0.2, -0.15) is 0 Å². The smallest absolute Gasteiger partial charge is 0.129 e. The molecule has 0 aliphatic carbocycles. The molecule has 1 atom stereocenters. The molecule has 0 spiro atoms. The molecule has 3 rings (SSSR count). The first-order valence-electron chi connectivity index (χ1n) is 7.47. The molecular formula is C17H21NO4. The topological polar surface area (TPSA) is 55.1 Å². The Morgan fingerprint density at radius 1 is 1.36 bits per heavy atom. The Kier molecular flexibility index (Phi) is 4.65. The molecule has 0 amide bonds. The summed E-state index contributed by atoms with van der Waals surface area (Å²) in [4.78, 5) is 2.03. The van der Waals surface area contributed by atoms with Crippen molar-refractivity contribution in [3.63, 3.8) is 0 Å². The summed E-state index contributed by atoms with van der Waals surface area (Å²) in [5, 5.41) is 10.1. The molecule has 0 saturated carbocycles. The summed E-state index contributed by atoms with van der Waals surface area (Å²) >= 11 is 0. The van der Waals surface area contributed by atoms with Gasteiger partial charge in [-0.15, -0.1) is 0 Å². The molecule has 118 valence electrons. The highest BCUT2D eigenvalue weighted by Gasteiger charge is 2.15. The van der Waals surface area contributed by atoms with Gasteiger partial charge in [-0.05, 0) is 35.9 Å². The fourth-order valence-electron chi connectivity index (χ4n) is 2.57. The van der Waals surface area contributed by atoms with Crippen molar-refractivity contribution in [2.24, 2.45) is 0 Å². The predicted octanol–water partition coefficient (Wildman–Crippen LogP) is 2.23. The molecule has 0 radical (unpaired) electrons. The lowest BCUT2D eigenvalue weighted by atomic mass is 10.1. The maximum Gasteiger partial charge on any atom is 0.129 e. The van der Waals surface area contributed by atoms with Crippen LogP contribution in [-0.4, -0.2) is 38.0 Å². The highest BCUT2D eigenvalue weighted by molar-refractivity contribution is 5.53. The van der Waals surface area contributed by atoms with Gasteiger partial charge in [0.2, 0.25) is 0 Å². The second kappa shape index (κ2) is 6.85. The molecule has 2 aromatic rings. The van der Waals surface area contributed by atoms with Crippen LogP contribution in [0.1, 0.15) is 11.3 Å². The third kappa shape index (κ3) is 3.61. The van der Waals surface area contributed by atoms with E-state index in [2.05, 4.69) is 6.07 Å². The van der Waals surface area contributed by atoms with Crippen molar-refractivity contribution in [3.8, 4) is 5.75 Å². The third-order valence-corrected chi connectivity index (χ3v) is 3.73. The molecule has 1 aromatic carbocycles. The van der Waals surface area contributed by atoms with Gasteiger partial charge in [-0.3, -0.25) is 0 Å². The Morgan fingerprint density at radius 2 is 2.27 bits per heavy atom. The molecule has 0 fully saturated rings. The van der Waals surface area contributed by atoms with E-state index in [1.54, 1.807) is 6.26 Å². The van der Waals surface area contributed by atoms with Crippen LogP contribution in [0.4, 0.5) is 5.69 Å². The van der Waals surface area contributed by atoms with Crippen LogP contribution >= 0.6 is 0 Å². The number of fused-ring (bicyclic) bond motifs is 1. The van der Waals surface area contributed by atoms with E-state index in [4.69, 9.17) is 13.9 Å². The molecule has 22 heavy (non-hydrogen) atoms. The van der Waals surface area contributed by atoms with Gasteiger partial charge in [-0.25, -0.2) is 0 Å². The first-order valence-corrected chi connectivity index (χ1v) is 7.47. The molecular weight excluding hydrogens is 282 g/mol. The second-order valence-corrected chi connectivity index (χ2v) is 5.52. The van der Waals surface area contributed by atoms with Crippen molar-refractivity contribution < 1.29 is 19.0 Å². The van der Waals surface area contributed by atoms with E-state index in [0.29, 0.717) is 13.2 Å². The molecule has 5 nitrogen and oxygen atoms in total. The molecule has 1 aromatic heterocycles. The average molecular weight is 303 g/mol. The SMILES string of the molecule is CN(CC(O)COCc1ccco1)c1ccc2c(c1)CCO2. The Balaban J connectivity index is 1.47. The van der Waals surface area contributed by atoms with Crippen LogP contribution in [-0.2, 0) is 17.8 Å². The lowest BCUT2D eigenvalue weighted by Crippen LogP contribution is -2.32. The number of ether oxygens (including phenoxy) is 2. The summed E-state index contributed by atoms with van der Waals surface area (Å²) in [7, 11) is 1.97. The maximum absolute atomic E-state index is 10.1. The summed E-state index contributed by atoms with van der Waals surface area (Å²) in [6.07, 6.45) is 2.01. The summed E-state index contributed by atoms with van der Waals surface area (Å²) in [5.74, 6) is 1.73. The van der Waals surface area contributed by atoms with Crippen LogP contribution in [0.2, 0.25) is 0 Å². The number of furan rings is 1. The lowest BCUT2D eigenvalue weighted by molar-refractivity contribution is 0.0260. The van der Waals surface area contributed by atoms with Gasteiger partial charge >= 0.3 is 0 Å². The van der Waals surface area contributed by atoms with E-state index in [-0.39, 0.29) is 6.61 Å². The molecule has 2 heterocycles. The van der Waals surface area contributed by atoms with Crippen molar-refractivity contribution >= 4 is 5.69 Å². The predicted molar refractivity (Wildman–Crippen MR) is 83.3 cm³/mol. The number of hydrogen-bond donors (Lipinski definition) is 1. The first kappa shape index (κ1) is 14.9. The molecule has 0 bridgehead atoms. The van der Waals surface area contributed by atoms with Gasteiger partial charge in [0.1, 0.15) is 18.1 Å². The monoisotopic (exact) mass is 303 g/mol. The van der Waals surface area contributed by atoms with Gasteiger partial charge in [-0.1, -0.05) is 0 Å². The van der Waals surface area contributed by atoms with Crippen LogP contribution in [0.25, 0.3) is 0 Å². The first-order chi connectivity index (χ1) is 10.7. The molecule has 5 heteroatoms. The third-order valence-electron chi connectivity index (χ3n) is 3.73. The quantitative estimate of drug-likeness (QED) is 0.850. The molecule has 1 aliphatic rings. The minimum absolute atomic E-state index is 0.277. The van der Waals surface area contributed by atoms with Crippen molar-refractivity contribution in [3.05, 3.63) is 47.9 Å². The normalized spacial score (nSPS) is 14.5. The van der Waals surface area contributed by atoms with Crippen LogP contribution in [0, 0.1) is 0 Å². The maximum atomic E-state index is 10.1. The van der Waals surface area contributed by atoms with E-state index in [1.165, 1.54) is 5.56 Å². The average Bonchev–Trinajstić information content (AvgIpc) is 3.17. The zero-order valence-corrected chi connectivity index (χ0v) is 12.7.